The van der Waals surface area contributed by atoms with Crippen molar-refractivity contribution in [1.82, 2.24) is 4.90 Å². The summed E-state index contributed by atoms with van der Waals surface area (Å²) in [4.78, 5) is 2.77. The lowest BCUT2D eigenvalue weighted by molar-refractivity contribution is 0.288. The number of hydrogen-bond donors (Lipinski definition) is 1. The molecule has 4 nitrogen and oxygen atoms in total. The van der Waals surface area contributed by atoms with Gasteiger partial charge in [0.25, 0.3) is 10.0 Å². The lowest BCUT2D eigenvalue weighted by Crippen LogP contribution is -2.27. The van der Waals surface area contributed by atoms with Crippen molar-refractivity contribution in [3.8, 4) is 0 Å². The quantitative estimate of drug-likeness (QED) is 0.905. The van der Waals surface area contributed by atoms with Crippen LogP contribution in [0.4, 0.5) is 5.69 Å². The van der Waals surface area contributed by atoms with Crippen LogP contribution in [0.25, 0.3) is 0 Å². The van der Waals surface area contributed by atoms with Gasteiger partial charge in [-0.3, -0.25) is 4.72 Å². The number of sulfonamides is 1. The fourth-order valence-corrected chi connectivity index (χ4v) is 4.26. The molecule has 0 atom stereocenters. The summed E-state index contributed by atoms with van der Waals surface area (Å²) in [7, 11) is -3.53. The van der Waals surface area contributed by atoms with E-state index in [9.17, 15) is 8.42 Å². The van der Waals surface area contributed by atoms with E-state index in [1.165, 1.54) is 17.5 Å². The first kappa shape index (κ1) is 17.0. The summed E-state index contributed by atoms with van der Waals surface area (Å²) in [5.41, 5.74) is 3.22. The van der Waals surface area contributed by atoms with E-state index in [4.69, 9.17) is 0 Å². The molecule has 0 saturated carbocycles. The Kier molecular flexibility index (Phi) is 5.21. The van der Waals surface area contributed by atoms with E-state index < -0.39 is 10.0 Å². The van der Waals surface area contributed by atoms with Gasteiger partial charge in [0.15, 0.2) is 0 Å². The van der Waals surface area contributed by atoms with Crippen LogP contribution < -0.4 is 4.72 Å². The van der Waals surface area contributed by atoms with Gasteiger partial charge in [-0.05, 0) is 61.2 Å². The van der Waals surface area contributed by atoms with Gasteiger partial charge in [-0.1, -0.05) is 31.2 Å². The van der Waals surface area contributed by atoms with Crippen molar-refractivity contribution < 1.29 is 8.42 Å². The Balaban J connectivity index is 1.78. The molecule has 5 heteroatoms. The third-order valence-electron chi connectivity index (χ3n) is 4.45. The molecule has 0 aromatic heterocycles. The van der Waals surface area contributed by atoms with Crippen molar-refractivity contribution in [3.63, 3.8) is 0 Å². The minimum Gasteiger partial charge on any atom is -0.303 e. The summed E-state index contributed by atoms with van der Waals surface area (Å²) in [5, 5.41) is 0. The highest BCUT2D eigenvalue weighted by Crippen LogP contribution is 2.23. The minimum absolute atomic E-state index is 0.286. The second kappa shape index (κ2) is 7.36. The third kappa shape index (κ3) is 3.97. The molecular formula is C19H24N2O2S. The van der Waals surface area contributed by atoms with Crippen molar-refractivity contribution in [3.05, 3.63) is 59.7 Å². The van der Waals surface area contributed by atoms with Crippen LogP contribution in [0, 0.1) is 0 Å². The molecule has 0 fully saturated rings. The van der Waals surface area contributed by atoms with Gasteiger partial charge in [0.05, 0.1) is 4.90 Å². The average molecular weight is 344 g/mol. The van der Waals surface area contributed by atoms with Gasteiger partial charge >= 0.3 is 0 Å². The molecule has 0 spiro atoms. The summed E-state index contributed by atoms with van der Waals surface area (Å²) in [5.74, 6) is 0. The second-order valence-corrected chi connectivity index (χ2v) is 7.93. The normalized spacial score (nSPS) is 15.5. The zero-order chi connectivity index (χ0) is 17.0. The molecule has 0 radical (unpaired) electrons. The number of benzene rings is 2. The zero-order valence-electron chi connectivity index (χ0n) is 14.0. The number of nitrogens with one attached hydrogen (secondary N) is 1. The smallest absolute Gasteiger partial charge is 0.261 e. The minimum atomic E-state index is -3.53. The highest BCUT2D eigenvalue weighted by Gasteiger charge is 2.17. The fourth-order valence-electron chi connectivity index (χ4n) is 3.19. The first-order valence-corrected chi connectivity index (χ1v) is 9.99. The number of anilines is 1. The third-order valence-corrected chi connectivity index (χ3v) is 5.84. The van der Waals surface area contributed by atoms with Crippen molar-refractivity contribution >= 4 is 15.7 Å². The maximum Gasteiger partial charge on any atom is 0.261 e. The maximum atomic E-state index is 12.5. The number of nitrogens with zero attached hydrogens (tertiary/aromatic N) is 1. The first-order valence-electron chi connectivity index (χ1n) is 8.50. The highest BCUT2D eigenvalue weighted by atomic mass is 32.2. The molecule has 2 aromatic rings. The summed E-state index contributed by atoms with van der Waals surface area (Å²) in [6.07, 6.45) is 3.16. The molecule has 0 aliphatic carbocycles. The van der Waals surface area contributed by atoms with E-state index in [2.05, 4.69) is 22.6 Å². The number of hydrogen-bond acceptors (Lipinski definition) is 3. The SMILES string of the molecule is CCCN1CCc2ccc(NS(=O)(=O)c3ccccc3)cc2CC1. The van der Waals surface area contributed by atoms with Crippen LogP contribution in [0.3, 0.4) is 0 Å². The van der Waals surface area contributed by atoms with Gasteiger partial charge in [0.2, 0.25) is 0 Å². The van der Waals surface area contributed by atoms with E-state index in [1.54, 1.807) is 24.3 Å². The molecule has 2 aromatic carbocycles. The van der Waals surface area contributed by atoms with Gasteiger partial charge in [-0.25, -0.2) is 8.42 Å². The molecular weight excluding hydrogens is 320 g/mol. The van der Waals surface area contributed by atoms with Crippen LogP contribution in [-0.4, -0.2) is 33.0 Å². The van der Waals surface area contributed by atoms with Gasteiger partial charge in [0, 0.05) is 18.8 Å². The van der Waals surface area contributed by atoms with Gasteiger partial charge in [0.1, 0.15) is 0 Å². The largest absolute Gasteiger partial charge is 0.303 e. The predicted molar refractivity (Wildman–Crippen MR) is 97.8 cm³/mol. The van der Waals surface area contributed by atoms with E-state index in [0.717, 1.165) is 32.5 Å². The van der Waals surface area contributed by atoms with Crippen LogP contribution in [0.1, 0.15) is 24.5 Å². The Morgan fingerprint density at radius 2 is 1.71 bits per heavy atom. The Bertz CT molecular complexity index is 788. The molecule has 0 bridgehead atoms. The maximum absolute atomic E-state index is 12.5. The summed E-state index contributed by atoms with van der Waals surface area (Å²) in [6, 6.07) is 14.4. The molecule has 128 valence electrons. The van der Waals surface area contributed by atoms with Crippen molar-refractivity contribution in [2.75, 3.05) is 24.4 Å². The number of fused-ring (bicyclic) bond motifs is 1. The molecule has 1 aliphatic rings. The topological polar surface area (TPSA) is 49.4 Å². The molecule has 0 amide bonds. The average Bonchev–Trinajstić information content (AvgIpc) is 2.78. The van der Waals surface area contributed by atoms with E-state index in [1.807, 2.05) is 18.2 Å². The summed E-state index contributed by atoms with van der Waals surface area (Å²) < 4.78 is 27.6. The van der Waals surface area contributed by atoms with Crippen LogP contribution in [0.2, 0.25) is 0 Å². The van der Waals surface area contributed by atoms with Crippen molar-refractivity contribution in [1.29, 1.82) is 0 Å². The van der Waals surface area contributed by atoms with Gasteiger partial charge in [-0.15, -0.1) is 0 Å². The standard InChI is InChI=1S/C19H24N2O2S/c1-2-12-21-13-10-16-8-9-18(15-17(16)11-14-21)20-24(22,23)19-6-4-3-5-7-19/h3-9,15,20H,2,10-14H2,1H3. The molecule has 0 saturated heterocycles. The summed E-state index contributed by atoms with van der Waals surface area (Å²) >= 11 is 0. The van der Waals surface area contributed by atoms with Crippen molar-refractivity contribution in [2.24, 2.45) is 0 Å². The predicted octanol–water partition coefficient (Wildman–Crippen LogP) is 3.30. The Morgan fingerprint density at radius 1 is 1.00 bits per heavy atom. The van der Waals surface area contributed by atoms with E-state index >= 15 is 0 Å². The zero-order valence-corrected chi connectivity index (χ0v) is 14.8. The number of rotatable bonds is 5. The Labute approximate surface area is 144 Å². The first-order chi connectivity index (χ1) is 11.6. The van der Waals surface area contributed by atoms with E-state index in [0.29, 0.717) is 5.69 Å². The lowest BCUT2D eigenvalue weighted by atomic mass is 10.0. The van der Waals surface area contributed by atoms with Crippen LogP contribution >= 0.6 is 0 Å². The monoisotopic (exact) mass is 344 g/mol. The summed E-state index contributed by atoms with van der Waals surface area (Å²) in [6.45, 7) is 5.45. The van der Waals surface area contributed by atoms with Gasteiger partial charge < -0.3 is 4.90 Å². The van der Waals surface area contributed by atoms with Crippen LogP contribution in [-0.2, 0) is 22.9 Å². The van der Waals surface area contributed by atoms with E-state index in [-0.39, 0.29) is 4.90 Å². The lowest BCUT2D eigenvalue weighted by Gasteiger charge is -2.18. The van der Waals surface area contributed by atoms with Crippen molar-refractivity contribution in [2.45, 2.75) is 31.1 Å². The molecule has 1 N–H and O–H groups in total. The molecule has 0 unspecified atom stereocenters. The Hall–Kier alpha value is -1.85. The molecule has 1 heterocycles. The van der Waals surface area contributed by atoms with Crippen LogP contribution in [0.5, 0.6) is 0 Å². The molecule has 1 aliphatic heterocycles. The second-order valence-electron chi connectivity index (χ2n) is 6.24. The Morgan fingerprint density at radius 3 is 2.42 bits per heavy atom. The van der Waals surface area contributed by atoms with Gasteiger partial charge in [-0.2, -0.15) is 0 Å². The molecule has 3 rings (SSSR count). The van der Waals surface area contributed by atoms with Crippen LogP contribution in [0.15, 0.2) is 53.4 Å². The fraction of sp³-hybridized carbons (Fsp3) is 0.368. The molecule has 24 heavy (non-hydrogen) atoms. The highest BCUT2D eigenvalue weighted by molar-refractivity contribution is 7.92.